The molecule has 170 valence electrons. The van der Waals surface area contributed by atoms with Crippen LogP contribution in [0, 0.1) is 0 Å². The van der Waals surface area contributed by atoms with Crippen LogP contribution in [-0.2, 0) is 21.3 Å². The molecule has 8 nitrogen and oxygen atoms in total. The summed E-state index contributed by atoms with van der Waals surface area (Å²) in [5.74, 6) is 0.879. The molecule has 2 aliphatic rings. The molecule has 0 spiro atoms. The number of fused-ring (bicyclic) bond motifs is 1. The molecule has 2 fully saturated rings. The Kier molecular flexibility index (Phi) is 10.3. The fourth-order valence-corrected chi connectivity index (χ4v) is 4.41. The number of benzene rings is 1. The summed E-state index contributed by atoms with van der Waals surface area (Å²) in [7, 11) is -3.14. The highest BCUT2D eigenvalue weighted by atomic mass is 127. The van der Waals surface area contributed by atoms with Gasteiger partial charge in [0.05, 0.1) is 25.0 Å². The van der Waals surface area contributed by atoms with Gasteiger partial charge in [-0.05, 0) is 18.9 Å². The first-order chi connectivity index (χ1) is 14.0. The Morgan fingerprint density at radius 1 is 1.27 bits per heavy atom. The van der Waals surface area contributed by atoms with Crippen molar-refractivity contribution in [3.8, 4) is 0 Å². The third kappa shape index (κ3) is 7.63. The highest BCUT2D eigenvalue weighted by Gasteiger charge is 2.41. The van der Waals surface area contributed by atoms with Crippen molar-refractivity contribution < 1.29 is 13.2 Å². The minimum absolute atomic E-state index is 0. The molecule has 1 aromatic carbocycles. The van der Waals surface area contributed by atoms with Crippen LogP contribution in [0.3, 0.4) is 0 Å². The van der Waals surface area contributed by atoms with Crippen LogP contribution >= 0.6 is 24.0 Å². The Hall–Kier alpha value is -0.950. The van der Waals surface area contributed by atoms with Crippen LogP contribution in [0.5, 0.6) is 0 Å². The summed E-state index contributed by atoms with van der Waals surface area (Å²) in [6, 6.07) is 10.9. The average molecular weight is 551 g/mol. The van der Waals surface area contributed by atoms with Crippen molar-refractivity contribution in [2.24, 2.45) is 4.99 Å². The van der Waals surface area contributed by atoms with Crippen molar-refractivity contribution >= 4 is 40.0 Å². The first-order valence-electron chi connectivity index (χ1n) is 10.3. The fourth-order valence-electron chi connectivity index (χ4n) is 3.89. The molecular formula is C20H34IN5O3S. The number of guanidine groups is 1. The normalized spacial score (nSPS) is 22.5. The monoisotopic (exact) mass is 551 g/mol. The van der Waals surface area contributed by atoms with Gasteiger partial charge >= 0.3 is 0 Å². The molecule has 0 aromatic heterocycles. The molecule has 2 heterocycles. The molecule has 10 heteroatoms. The van der Waals surface area contributed by atoms with Gasteiger partial charge in [0, 0.05) is 45.8 Å². The molecule has 0 saturated carbocycles. The SMILES string of the molecule is CCNC(=NCCCNS(C)(=O)=O)N1CC2OCCN(Cc3ccccc3)C2C1.I. The Bertz CT molecular complexity index is 778. The molecule has 1 aromatic rings. The number of aliphatic imine (C=N–C) groups is 1. The van der Waals surface area contributed by atoms with E-state index in [1.54, 1.807) is 0 Å². The van der Waals surface area contributed by atoms with Gasteiger partial charge in [-0.1, -0.05) is 30.3 Å². The standard InChI is InChI=1S/C20H33N5O3S.HI/c1-3-21-20(22-10-7-11-23-29(2,26)27)25-15-18-19(16-25)28-13-12-24(18)14-17-8-5-4-6-9-17;/h4-6,8-9,18-19,23H,3,7,10-16H2,1-2H3,(H,21,22);1H. The lowest BCUT2D eigenvalue weighted by Gasteiger charge is -2.36. The Morgan fingerprint density at radius 3 is 2.73 bits per heavy atom. The van der Waals surface area contributed by atoms with Gasteiger partial charge in [0.25, 0.3) is 0 Å². The molecule has 2 N–H and O–H groups in total. The molecule has 2 saturated heterocycles. The summed E-state index contributed by atoms with van der Waals surface area (Å²) in [4.78, 5) is 9.49. The van der Waals surface area contributed by atoms with Gasteiger partial charge in [0.2, 0.25) is 10.0 Å². The van der Waals surface area contributed by atoms with Gasteiger partial charge in [-0.15, -0.1) is 24.0 Å². The number of nitrogens with zero attached hydrogens (tertiary/aromatic N) is 3. The zero-order valence-electron chi connectivity index (χ0n) is 17.8. The van der Waals surface area contributed by atoms with Crippen LogP contribution in [0.4, 0.5) is 0 Å². The van der Waals surface area contributed by atoms with Crippen molar-refractivity contribution in [2.75, 3.05) is 52.1 Å². The van der Waals surface area contributed by atoms with Crippen LogP contribution in [0.25, 0.3) is 0 Å². The first-order valence-corrected chi connectivity index (χ1v) is 12.2. The quantitative estimate of drug-likeness (QED) is 0.218. The number of sulfonamides is 1. The summed E-state index contributed by atoms with van der Waals surface area (Å²) in [5, 5.41) is 3.37. The van der Waals surface area contributed by atoms with E-state index < -0.39 is 10.0 Å². The molecule has 0 bridgehead atoms. The van der Waals surface area contributed by atoms with E-state index in [0.717, 1.165) is 45.3 Å². The number of rotatable bonds is 8. The van der Waals surface area contributed by atoms with Gasteiger partial charge in [0.15, 0.2) is 5.96 Å². The summed E-state index contributed by atoms with van der Waals surface area (Å²) < 4.78 is 30.9. The molecule has 2 aliphatic heterocycles. The van der Waals surface area contributed by atoms with E-state index in [1.165, 1.54) is 11.8 Å². The van der Waals surface area contributed by atoms with E-state index in [-0.39, 0.29) is 30.1 Å². The van der Waals surface area contributed by atoms with Gasteiger partial charge in [-0.3, -0.25) is 9.89 Å². The van der Waals surface area contributed by atoms with Crippen LogP contribution in [0.2, 0.25) is 0 Å². The summed E-state index contributed by atoms with van der Waals surface area (Å²) in [6.45, 7) is 8.16. The second-order valence-electron chi connectivity index (χ2n) is 7.59. The number of hydrogen-bond donors (Lipinski definition) is 2. The number of morpholine rings is 1. The van der Waals surface area contributed by atoms with Gasteiger partial charge in [0.1, 0.15) is 0 Å². The third-order valence-electron chi connectivity index (χ3n) is 5.24. The smallest absolute Gasteiger partial charge is 0.208 e. The van der Waals surface area contributed by atoms with E-state index in [1.807, 2.05) is 6.07 Å². The van der Waals surface area contributed by atoms with Crippen LogP contribution in [-0.4, -0.2) is 88.5 Å². The van der Waals surface area contributed by atoms with Crippen molar-refractivity contribution in [1.82, 2.24) is 19.8 Å². The van der Waals surface area contributed by atoms with Crippen molar-refractivity contribution in [3.05, 3.63) is 35.9 Å². The molecule has 30 heavy (non-hydrogen) atoms. The summed E-state index contributed by atoms with van der Waals surface area (Å²) >= 11 is 0. The number of likely N-dealkylation sites (tertiary alicyclic amines) is 1. The number of ether oxygens (including phenoxy) is 1. The largest absolute Gasteiger partial charge is 0.373 e. The highest BCUT2D eigenvalue weighted by molar-refractivity contribution is 14.0. The predicted octanol–water partition coefficient (Wildman–Crippen LogP) is 1.09. The Morgan fingerprint density at radius 2 is 2.03 bits per heavy atom. The predicted molar refractivity (Wildman–Crippen MR) is 131 cm³/mol. The number of hydrogen-bond acceptors (Lipinski definition) is 5. The van der Waals surface area contributed by atoms with Crippen molar-refractivity contribution in [2.45, 2.75) is 32.0 Å². The maximum atomic E-state index is 11.2. The van der Waals surface area contributed by atoms with E-state index >= 15 is 0 Å². The molecule has 2 unspecified atom stereocenters. The van der Waals surface area contributed by atoms with Crippen LogP contribution in [0.15, 0.2) is 35.3 Å². The zero-order valence-corrected chi connectivity index (χ0v) is 20.9. The van der Waals surface area contributed by atoms with Gasteiger partial charge in [-0.2, -0.15) is 0 Å². The molecule has 2 atom stereocenters. The van der Waals surface area contributed by atoms with Crippen molar-refractivity contribution in [1.29, 1.82) is 0 Å². The maximum absolute atomic E-state index is 11.2. The van der Waals surface area contributed by atoms with E-state index in [2.05, 4.69) is 51.0 Å². The zero-order chi connectivity index (χ0) is 20.7. The Labute approximate surface area is 197 Å². The Balaban J connectivity index is 0.00000320. The molecule has 0 amide bonds. The average Bonchev–Trinajstić information content (AvgIpc) is 3.12. The molecular weight excluding hydrogens is 517 g/mol. The second-order valence-corrected chi connectivity index (χ2v) is 9.43. The lowest BCUT2D eigenvalue weighted by Crippen LogP contribution is -2.50. The summed E-state index contributed by atoms with van der Waals surface area (Å²) in [5.41, 5.74) is 1.32. The number of halogens is 1. The van der Waals surface area contributed by atoms with Crippen LogP contribution < -0.4 is 10.0 Å². The second kappa shape index (κ2) is 12.2. The number of nitrogens with one attached hydrogen (secondary N) is 2. The topological polar surface area (TPSA) is 86.3 Å². The first kappa shape index (κ1) is 25.3. The lowest BCUT2D eigenvalue weighted by atomic mass is 10.1. The van der Waals surface area contributed by atoms with Gasteiger partial charge in [-0.25, -0.2) is 13.1 Å². The molecule has 0 radical (unpaired) electrons. The van der Waals surface area contributed by atoms with E-state index in [9.17, 15) is 8.42 Å². The van der Waals surface area contributed by atoms with E-state index in [0.29, 0.717) is 25.6 Å². The lowest BCUT2D eigenvalue weighted by molar-refractivity contribution is -0.0502. The molecule has 3 rings (SSSR count). The fraction of sp³-hybridized carbons (Fsp3) is 0.650. The summed E-state index contributed by atoms with van der Waals surface area (Å²) in [6.07, 6.45) is 2.02. The third-order valence-corrected chi connectivity index (χ3v) is 5.97. The highest BCUT2D eigenvalue weighted by Crippen LogP contribution is 2.24. The maximum Gasteiger partial charge on any atom is 0.208 e. The minimum atomic E-state index is -3.14. The van der Waals surface area contributed by atoms with E-state index in [4.69, 9.17) is 9.73 Å². The van der Waals surface area contributed by atoms with Gasteiger partial charge < -0.3 is 15.0 Å². The minimum Gasteiger partial charge on any atom is -0.373 e. The van der Waals surface area contributed by atoms with Crippen molar-refractivity contribution in [3.63, 3.8) is 0 Å². The van der Waals surface area contributed by atoms with Crippen LogP contribution in [0.1, 0.15) is 18.9 Å². The molecule has 0 aliphatic carbocycles.